The maximum absolute atomic E-state index is 13.2. The summed E-state index contributed by atoms with van der Waals surface area (Å²) in [6.45, 7) is 4.09. The van der Waals surface area contributed by atoms with Gasteiger partial charge < -0.3 is 20.1 Å². The molecule has 0 fully saturated rings. The molecule has 0 unspecified atom stereocenters. The molecule has 2 amide bonds. The predicted molar refractivity (Wildman–Crippen MR) is 144 cm³/mol. The van der Waals surface area contributed by atoms with Gasteiger partial charge in [0.1, 0.15) is 12.8 Å². The molecule has 0 aliphatic carbocycles. The number of hydrogen-bond donors (Lipinski definition) is 2. The second-order valence-electron chi connectivity index (χ2n) is 8.69. The second-order valence-corrected chi connectivity index (χ2v) is 8.69. The van der Waals surface area contributed by atoms with Crippen LogP contribution in [0.15, 0.2) is 97.1 Å². The number of nitrogens with one attached hydrogen (secondary N) is 2. The van der Waals surface area contributed by atoms with E-state index in [1.807, 2.05) is 80.6 Å². The average Bonchev–Trinajstić information content (AvgIpc) is 2.92. The minimum atomic E-state index is -0.816. The molecular formula is C31H30N2O4. The fourth-order valence-electron chi connectivity index (χ4n) is 4.00. The average molecular weight is 495 g/mol. The molecule has 4 rings (SSSR count). The van der Waals surface area contributed by atoms with Gasteiger partial charge in [-0.25, -0.2) is 0 Å². The molecule has 0 saturated carbocycles. The third kappa shape index (κ3) is 6.35. The highest BCUT2D eigenvalue weighted by molar-refractivity contribution is 5.98. The van der Waals surface area contributed by atoms with E-state index in [2.05, 4.69) is 10.6 Å². The lowest BCUT2D eigenvalue weighted by atomic mass is 10.1. The first-order valence-corrected chi connectivity index (χ1v) is 12.0. The zero-order valence-corrected chi connectivity index (χ0v) is 21.2. The van der Waals surface area contributed by atoms with E-state index in [-0.39, 0.29) is 11.8 Å². The number of methoxy groups -OCH3 is 1. The van der Waals surface area contributed by atoms with Crippen molar-refractivity contribution in [3.63, 3.8) is 0 Å². The van der Waals surface area contributed by atoms with E-state index in [4.69, 9.17) is 9.47 Å². The Morgan fingerprint density at radius 2 is 1.24 bits per heavy atom. The topological polar surface area (TPSA) is 76.7 Å². The second kappa shape index (κ2) is 11.9. The van der Waals surface area contributed by atoms with Crippen LogP contribution >= 0.6 is 0 Å². The van der Waals surface area contributed by atoms with Crippen LogP contribution in [0, 0.1) is 13.8 Å². The summed E-state index contributed by atoms with van der Waals surface area (Å²) in [5, 5.41) is 5.96. The van der Waals surface area contributed by atoms with Crippen molar-refractivity contribution < 1.29 is 19.1 Å². The Morgan fingerprint density at radius 3 is 1.78 bits per heavy atom. The first kappa shape index (κ1) is 25.5. The largest absolute Gasteiger partial charge is 0.493 e. The number of carbonyl (C=O) groups excluding carboxylic acids is 2. The summed E-state index contributed by atoms with van der Waals surface area (Å²) in [5.74, 6) is 0.463. The van der Waals surface area contributed by atoms with Gasteiger partial charge in [-0.2, -0.15) is 0 Å². The van der Waals surface area contributed by atoms with Gasteiger partial charge in [-0.15, -0.1) is 0 Å². The van der Waals surface area contributed by atoms with Crippen molar-refractivity contribution in [1.82, 2.24) is 10.6 Å². The van der Waals surface area contributed by atoms with E-state index < -0.39 is 6.17 Å². The van der Waals surface area contributed by atoms with Gasteiger partial charge in [0.25, 0.3) is 11.8 Å². The molecule has 4 aromatic carbocycles. The number of hydrogen-bond acceptors (Lipinski definition) is 4. The fraction of sp³-hybridized carbons (Fsp3) is 0.161. The molecular weight excluding hydrogens is 464 g/mol. The smallest absolute Gasteiger partial charge is 0.253 e. The highest BCUT2D eigenvalue weighted by Gasteiger charge is 2.22. The number of rotatable bonds is 9. The van der Waals surface area contributed by atoms with Gasteiger partial charge in [0.15, 0.2) is 11.5 Å². The minimum Gasteiger partial charge on any atom is -0.493 e. The van der Waals surface area contributed by atoms with Crippen LogP contribution in [0.4, 0.5) is 0 Å². The van der Waals surface area contributed by atoms with E-state index in [0.29, 0.717) is 34.8 Å². The summed E-state index contributed by atoms with van der Waals surface area (Å²) in [4.78, 5) is 26.5. The Labute approximate surface area is 217 Å². The van der Waals surface area contributed by atoms with E-state index >= 15 is 0 Å². The van der Waals surface area contributed by atoms with Gasteiger partial charge in [-0.05, 0) is 60.4 Å². The molecule has 2 N–H and O–H groups in total. The summed E-state index contributed by atoms with van der Waals surface area (Å²) in [5.41, 5.74) is 4.40. The summed E-state index contributed by atoms with van der Waals surface area (Å²) in [6.07, 6.45) is -0.816. The van der Waals surface area contributed by atoms with Crippen LogP contribution in [-0.4, -0.2) is 18.9 Å². The third-order valence-electron chi connectivity index (χ3n) is 6.09. The monoisotopic (exact) mass is 494 g/mol. The Morgan fingerprint density at radius 1 is 0.703 bits per heavy atom. The quantitative estimate of drug-likeness (QED) is 0.291. The Bertz CT molecular complexity index is 1330. The van der Waals surface area contributed by atoms with E-state index in [9.17, 15) is 9.59 Å². The number of benzene rings is 4. The molecule has 188 valence electrons. The molecule has 0 aliphatic rings. The summed E-state index contributed by atoms with van der Waals surface area (Å²) in [7, 11) is 1.57. The molecule has 0 saturated heterocycles. The summed E-state index contributed by atoms with van der Waals surface area (Å²) < 4.78 is 11.6. The molecule has 0 bridgehead atoms. The highest BCUT2D eigenvalue weighted by Crippen LogP contribution is 2.31. The lowest BCUT2D eigenvalue weighted by Crippen LogP contribution is -2.41. The summed E-state index contributed by atoms with van der Waals surface area (Å²) in [6, 6.07) is 29.8. The molecule has 0 radical (unpaired) electrons. The standard InChI is InChI=1S/C31H30N2O4/c1-21-11-7-9-15-25(21)30(34)32-29(33-31(35)26-16-10-8-12-22(26)2)24-17-18-27(36-3)28(19-24)37-20-23-13-5-4-6-14-23/h4-19,29H,20H2,1-3H3,(H,32,34)(H,33,35). The molecule has 37 heavy (non-hydrogen) atoms. The van der Waals surface area contributed by atoms with Crippen LogP contribution in [0.25, 0.3) is 0 Å². The van der Waals surface area contributed by atoms with Crippen molar-refractivity contribution in [2.45, 2.75) is 26.6 Å². The van der Waals surface area contributed by atoms with Crippen molar-refractivity contribution in [2.24, 2.45) is 0 Å². The molecule has 6 nitrogen and oxygen atoms in total. The number of amides is 2. The molecule has 4 aromatic rings. The Kier molecular flexibility index (Phi) is 8.21. The van der Waals surface area contributed by atoms with Crippen molar-refractivity contribution in [3.05, 3.63) is 130 Å². The molecule has 0 spiro atoms. The minimum absolute atomic E-state index is 0.296. The number of ether oxygens (including phenoxy) is 2. The first-order valence-electron chi connectivity index (χ1n) is 12.0. The van der Waals surface area contributed by atoms with Crippen molar-refractivity contribution in [3.8, 4) is 11.5 Å². The number of aryl methyl sites for hydroxylation is 2. The molecule has 0 aromatic heterocycles. The van der Waals surface area contributed by atoms with Crippen molar-refractivity contribution >= 4 is 11.8 Å². The van der Waals surface area contributed by atoms with Gasteiger partial charge in [0, 0.05) is 11.1 Å². The van der Waals surface area contributed by atoms with E-state index in [0.717, 1.165) is 16.7 Å². The first-order chi connectivity index (χ1) is 18.0. The van der Waals surface area contributed by atoms with Crippen LogP contribution in [0.3, 0.4) is 0 Å². The Hall–Kier alpha value is -4.58. The SMILES string of the molecule is COc1ccc(C(NC(=O)c2ccccc2C)NC(=O)c2ccccc2C)cc1OCc1ccccc1. The lowest BCUT2D eigenvalue weighted by molar-refractivity contribution is 0.0882. The normalized spacial score (nSPS) is 10.6. The third-order valence-corrected chi connectivity index (χ3v) is 6.09. The lowest BCUT2D eigenvalue weighted by Gasteiger charge is -2.23. The Balaban J connectivity index is 1.65. The maximum Gasteiger partial charge on any atom is 0.253 e. The molecule has 0 heterocycles. The van der Waals surface area contributed by atoms with Crippen LogP contribution in [0.1, 0.15) is 49.1 Å². The van der Waals surface area contributed by atoms with Crippen LogP contribution in [0.2, 0.25) is 0 Å². The van der Waals surface area contributed by atoms with Crippen molar-refractivity contribution in [2.75, 3.05) is 7.11 Å². The van der Waals surface area contributed by atoms with Gasteiger partial charge >= 0.3 is 0 Å². The zero-order valence-electron chi connectivity index (χ0n) is 21.2. The van der Waals surface area contributed by atoms with Crippen LogP contribution < -0.4 is 20.1 Å². The van der Waals surface area contributed by atoms with Crippen LogP contribution in [-0.2, 0) is 6.61 Å². The van der Waals surface area contributed by atoms with Gasteiger partial charge in [-0.3, -0.25) is 9.59 Å². The molecule has 6 heteroatoms. The van der Waals surface area contributed by atoms with Gasteiger partial charge in [0.2, 0.25) is 0 Å². The molecule has 0 atom stereocenters. The zero-order chi connectivity index (χ0) is 26.2. The van der Waals surface area contributed by atoms with E-state index in [1.54, 1.807) is 37.4 Å². The highest BCUT2D eigenvalue weighted by atomic mass is 16.5. The summed E-state index contributed by atoms with van der Waals surface area (Å²) >= 11 is 0. The fourth-order valence-corrected chi connectivity index (χ4v) is 4.00. The van der Waals surface area contributed by atoms with Gasteiger partial charge in [-0.1, -0.05) is 72.8 Å². The van der Waals surface area contributed by atoms with Crippen molar-refractivity contribution in [1.29, 1.82) is 0 Å². The molecule has 0 aliphatic heterocycles. The van der Waals surface area contributed by atoms with Crippen LogP contribution in [0.5, 0.6) is 11.5 Å². The predicted octanol–water partition coefficient (Wildman–Crippen LogP) is 5.75. The maximum atomic E-state index is 13.2. The van der Waals surface area contributed by atoms with Gasteiger partial charge in [0.05, 0.1) is 7.11 Å². The number of carbonyl (C=O) groups is 2. The van der Waals surface area contributed by atoms with E-state index in [1.165, 1.54) is 0 Å².